The maximum atomic E-state index is 10.7. The van der Waals surface area contributed by atoms with Crippen molar-refractivity contribution in [3.05, 3.63) is 11.8 Å². The molecule has 0 aromatic heterocycles. The highest BCUT2D eigenvalue weighted by molar-refractivity contribution is 5.88. The first-order valence-electron chi connectivity index (χ1n) is 3.44. The third kappa shape index (κ3) is 1.76. The van der Waals surface area contributed by atoms with Gasteiger partial charge in [-0.1, -0.05) is 0 Å². The monoisotopic (exact) mass is 141 g/mol. The standard InChI is InChI=1S/C7H11NO2/c1-2-10-6-3-4-8-7(9)5-6/h5H,2-4H2,1H3,(H,8,9). The molecule has 3 nitrogen and oxygen atoms in total. The SMILES string of the molecule is CCOC1=CC(=O)NCC1. The second-order valence-corrected chi connectivity index (χ2v) is 2.08. The van der Waals surface area contributed by atoms with Crippen molar-refractivity contribution in [1.82, 2.24) is 5.32 Å². The van der Waals surface area contributed by atoms with E-state index < -0.39 is 0 Å². The Morgan fingerprint density at radius 3 is 3.20 bits per heavy atom. The summed E-state index contributed by atoms with van der Waals surface area (Å²) in [7, 11) is 0. The Balaban J connectivity index is 2.49. The Kier molecular flexibility index (Phi) is 2.31. The first-order chi connectivity index (χ1) is 4.83. The number of ether oxygens (including phenoxy) is 1. The number of amides is 1. The van der Waals surface area contributed by atoms with Crippen LogP contribution in [-0.2, 0) is 9.53 Å². The molecule has 10 heavy (non-hydrogen) atoms. The van der Waals surface area contributed by atoms with Crippen LogP contribution >= 0.6 is 0 Å². The zero-order chi connectivity index (χ0) is 7.40. The molecule has 0 aromatic carbocycles. The highest BCUT2D eigenvalue weighted by Gasteiger charge is 2.07. The zero-order valence-corrected chi connectivity index (χ0v) is 6.02. The third-order valence-electron chi connectivity index (χ3n) is 1.29. The maximum Gasteiger partial charge on any atom is 0.247 e. The summed E-state index contributed by atoms with van der Waals surface area (Å²) in [6.07, 6.45) is 2.33. The number of carbonyl (C=O) groups excluding carboxylic acids is 1. The fraction of sp³-hybridized carbons (Fsp3) is 0.571. The van der Waals surface area contributed by atoms with Gasteiger partial charge in [-0.2, -0.15) is 0 Å². The van der Waals surface area contributed by atoms with Crippen LogP contribution in [0, 0.1) is 0 Å². The molecule has 0 aromatic rings. The van der Waals surface area contributed by atoms with Crippen molar-refractivity contribution in [2.45, 2.75) is 13.3 Å². The first kappa shape index (κ1) is 7.12. The van der Waals surface area contributed by atoms with Crippen LogP contribution in [-0.4, -0.2) is 19.1 Å². The first-order valence-corrected chi connectivity index (χ1v) is 3.44. The number of carbonyl (C=O) groups is 1. The van der Waals surface area contributed by atoms with Crippen molar-refractivity contribution in [1.29, 1.82) is 0 Å². The van der Waals surface area contributed by atoms with Crippen LogP contribution < -0.4 is 5.32 Å². The van der Waals surface area contributed by atoms with Gasteiger partial charge < -0.3 is 10.1 Å². The minimum Gasteiger partial charge on any atom is -0.498 e. The van der Waals surface area contributed by atoms with Crippen LogP contribution in [0.25, 0.3) is 0 Å². The molecule has 0 aliphatic carbocycles. The summed E-state index contributed by atoms with van der Waals surface area (Å²) >= 11 is 0. The van der Waals surface area contributed by atoms with Crippen LogP contribution in [0.2, 0.25) is 0 Å². The van der Waals surface area contributed by atoms with Crippen molar-refractivity contribution in [2.24, 2.45) is 0 Å². The van der Waals surface area contributed by atoms with E-state index in [0.717, 1.165) is 12.2 Å². The normalized spacial score (nSPS) is 17.7. The molecule has 56 valence electrons. The van der Waals surface area contributed by atoms with Gasteiger partial charge in [0.05, 0.1) is 6.61 Å². The van der Waals surface area contributed by atoms with Crippen LogP contribution in [0.5, 0.6) is 0 Å². The Morgan fingerprint density at radius 1 is 1.80 bits per heavy atom. The number of hydrogen-bond acceptors (Lipinski definition) is 2. The van der Waals surface area contributed by atoms with Crippen molar-refractivity contribution in [3.8, 4) is 0 Å². The lowest BCUT2D eigenvalue weighted by Gasteiger charge is -2.13. The molecule has 0 saturated heterocycles. The van der Waals surface area contributed by atoms with Crippen LogP contribution in [0.4, 0.5) is 0 Å². The van der Waals surface area contributed by atoms with E-state index in [4.69, 9.17) is 4.74 Å². The average molecular weight is 141 g/mol. The summed E-state index contributed by atoms with van der Waals surface area (Å²) in [5.74, 6) is 0.751. The minimum atomic E-state index is -0.0466. The van der Waals surface area contributed by atoms with Crippen LogP contribution in [0.1, 0.15) is 13.3 Å². The topological polar surface area (TPSA) is 38.3 Å². The van der Waals surface area contributed by atoms with Gasteiger partial charge >= 0.3 is 0 Å². The van der Waals surface area contributed by atoms with E-state index in [1.165, 1.54) is 6.08 Å². The second-order valence-electron chi connectivity index (χ2n) is 2.08. The summed E-state index contributed by atoms with van der Waals surface area (Å²) in [6, 6.07) is 0. The highest BCUT2D eigenvalue weighted by Crippen LogP contribution is 2.05. The third-order valence-corrected chi connectivity index (χ3v) is 1.29. The molecule has 3 heteroatoms. The van der Waals surface area contributed by atoms with Gasteiger partial charge in [0.25, 0.3) is 0 Å². The van der Waals surface area contributed by atoms with E-state index in [9.17, 15) is 4.79 Å². The Labute approximate surface area is 60.1 Å². The summed E-state index contributed by atoms with van der Waals surface area (Å²) in [6.45, 7) is 3.25. The predicted molar refractivity (Wildman–Crippen MR) is 37.3 cm³/mol. The molecule has 1 amide bonds. The van der Waals surface area contributed by atoms with Crippen LogP contribution in [0.3, 0.4) is 0 Å². The van der Waals surface area contributed by atoms with Gasteiger partial charge in [0.1, 0.15) is 5.76 Å². The van der Waals surface area contributed by atoms with Gasteiger partial charge in [0.2, 0.25) is 5.91 Å². The molecule has 0 spiro atoms. The Morgan fingerprint density at radius 2 is 2.60 bits per heavy atom. The molecule has 1 N–H and O–H groups in total. The molecular formula is C7H11NO2. The highest BCUT2D eigenvalue weighted by atomic mass is 16.5. The lowest BCUT2D eigenvalue weighted by Crippen LogP contribution is -2.27. The van der Waals surface area contributed by atoms with Crippen LogP contribution in [0.15, 0.2) is 11.8 Å². The minimum absolute atomic E-state index is 0.0466. The fourth-order valence-electron chi connectivity index (χ4n) is 0.878. The van der Waals surface area contributed by atoms with E-state index in [1.807, 2.05) is 6.92 Å². The molecule has 0 saturated carbocycles. The summed E-state index contributed by atoms with van der Waals surface area (Å²) in [5.41, 5.74) is 0. The zero-order valence-electron chi connectivity index (χ0n) is 6.02. The maximum absolute atomic E-state index is 10.7. The van der Waals surface area contributed by atoms with E-state index in [-0.39, 0.29) is 5.91 Å². The molecule has 1 heterocycles. The van der Waals surface area contributed by atoms with Gasteiger partial charge in [-0.05, 0) is 6.92 Å². The van der Waals surface area contributed by atoms with Gasteiger partial charge in [-0.25, -0.2) is 0 Å². The van der Waals surface area contributed by atoms with Crippen molar-refractivity contribution >= 4 is 5.91 Å². The molecule has 0 radical (unpaired) electrons. The molecule has 1 aliphatic rings. The predicted octanol–water partition coefficient (Wildman–Crippen LogP) is 0.427. The molecule has 0 unspecified atom stereocenters. The fourth-order valence-corrected chi connectivity index (χ4v) is 0.878. The molecule has 0 bridgehead atoms. The van der Waals surface area contributed by atoms with Gasteiger partial charge in [-0.15, -0.1) is 0 Å². The smallest absolute Gasteiger partial charge is 0.247 e. The second kappa shape index (κ2) is 3.25. The van der Waals surface area contributed by atoms with Crippen molar-refractivity contribution in [3.63, 3.8) is 0 Å². The van der Waals surface area contributed by atoms with Crippen molar-refractivity contribution < 1.29 is 9.53 Å². The number of rotatable bonds is 2. The molecule has 1 aliphatic heterocycles. The molecule has 1 rings (SSSR count). The number of nitrogens with one attached hydrogen (secondary N) is 1. The Hall–Kier alpha value is -0.990. The van der Waals surface area contributed by atoms with E-state index in [2.05, 4.69) is 5.32 Å². The number of hydrogen-bond donors (Lipinski definition) is 1. The van der Waals surface area contributed by atoms with E-state index in [0.29, 0.717) is 13.2 Å². The van der Waals surface area contributed by atoms with Gasteiger partial charge in [0.15, 0.2) is 0 Å². The lowest BCUT2D eigenvalue weighted by molar-refractivity contribution is -0.117. The lowest BCUT2D eigenvalue weighted by atomic mass is 10.2. The summed E-state index contributed by atoms with van der Waals surface area (Å²) in [4.78, 5) is 10.7. The summed E-state index contributed by atoms with van der Waals surface area (Å²) in [5, 5.41) is 2.68. The largest absolute Gasteiger partial charge is 0.498 e. The molecule has 0 atom stereocenters. The van der Waals surface area contributed by atoms with Crippen molar-refractivity contribution in [2.75, 3.05) is 13.2 Å². The Bertz CT molecular complexity index is 163. The van der Waals surface area contributed by atoms with Gasteiger partial charge in [0, 0.05) is 19.0 Å². The molecular weight excluding hydrogens is 130 g/mol. The van der Waals surface area contributed by atoms with E-state index in [1.54, 1.807) is 0 Å². The van der Waals surface area contributed by atoms with E-state index >= 15 is 0 Å². The molecule has 0 fully saturated rings. The van der Waals surface area contributed by atoms with Gasteiger partial charge in [-0.3, -0.25) is 4.79 Å². The summed E-state index contributed by atoms with van der Waals surface area (Å²) < 4.78 is 5.15. The quantitative estimate of drug-likeness (QED) is 0.605. The average Bonchev–Trinajstić information content (AvgIpc) is 1.88.